The number of hydrogen-bond donors (Lipinski definition) is 1. The second kappa shape index (κ2) is 14.4. The summed E-state index contributed by atoms with van der Waals surface area (Å²) in [6, 6.07) is 24.5. The number of benzene rings is 3. The Morgan fingerprint density at radius 2 is 1.59 bits per heavy atom. The Morgan fingerprint density at radius 1 is 0.919 bits per heavy atom. The molecular formula is C31H37ClN2O3. The van der Waals surface area contributed by atoms with E-state index in [1.807, 2.05) is 73.7 Å². The van der Waals surface area contributed by atoms with Gasteiger partial charge in [-0.2, -0.15) is 0 Å². The van der Waals surface area contributed by atoms with E-state index in [9.17, 15) is 9.59 Å². The van der Waals surface area contributed by atoms with Crippen LogP contribution < -0.4 is 10.1 Å². The lowest BCUT2D eigenvalue weighted by molar-refractivity contribution is -0.141. The van der Waals surface area contributed by atoms with E-state index in [4.69, 9.17) is 16.3 Å². The molecule has 1 N–H and O–H groups in total. The van der Waals surface area contributed by atoms with E-state index in [-0.39, 0.29) is 18.2 Å². The van der Waals surface area contributed by atoms with Crippen molar-refractivity contribution in [2.75, 3.05) is 13.2 Å². The topological polar surface area (TPSA) is 58.6 Å². The van der Waals surface area contributed by atoms with Crippen LogP contribution >= 0.6 is 11.6 Å². The first kappa shape index (κ1) is 28.3. The molecule has 3 aromatic carbocycles. The van der Waals surface area contributed by atoms with E-state index < -0.39 is 6.04 Å². The van der Waals surface area contributed by atoms with Crippen LogP contribution in [0, 0.1) is 12.8 Å². The van der Waals surface area contributed by atoms with E-state index in [1.54, 1.807) is 17.0 Å². The van der Waals surface area contributed by atoms with Gasteiger partial charge in [0.05, 0.1) is 6.61 Å². The molecule has 3 aromatic rings. The van der Waals surface area contributed by atoms with Crippen LogP contribution in [0.25, 0.3) is 0 Å². The standard InChI is InChI=1S/C31H37ClN2O3/c1-23(2)21-33-31(36)29(20-25-8-5-4-6-9-25)34(22-26-13-11-24(3)12-14-26)30(35)10-7-19-37-28-17-15-27(32)16-18-28/h4-6,8-9,11-18,23,29H,7,10,19-22H2,1-3H3,(H,33,36). The summed E-state index contributed by atoms with van der Waals surface area (Å²) in [5.74, 6) is 0.826. The first-order valence-corrected chi connectivity index (χ1v) is 13.2. The Kier molecular flexibility index (Phi) is 11.0. The van der Waals surface area contributed by atoms with Gasteiger partial charge in [-0.3, -0.25) is 9.59 Å². The molecule has 0 saturated heterocycles. The molecule has 0 saturated carbocycles. The van der Waals surface area contributed by atoms with Gasteiger partial charge in [0.15, 0.2) is 0 Å². The van der Waals surface area contributed by atoms with E-state index in [1.165, 1.54) is 0 Å². The highest BCUT2D eigenvalue weighted by atomic mass is 35.5. The van der Waals surface area contributed by atoms with Crippen molar-refractivity contribution in [2.24, 2.45) is 5.92 Å². The second-order valence-electron chi connectivity index (χ2n) is 9.76. The maximum atomic E-state index is 13.6. The molecular weight excluding hydrogens is 484 g/mol. The highest BCUT2D eigenvalue weighted by Crippen LogP contribution is 2.18. The summed E-state index contributed by atoms with van der Waals surface area (Å²) in [4.78, 5) is 28.8. The third kappa shape index (κ3) is 9.58. The Morgan fingerprint density at radius 3 is 2.24 bits per heavy atom. The average Bonchev–Trinajstić information content (AvgIpc) is 2.89. The first-order chi connectivity index (χ1) is 17.8. The van der Waals surface area contributed by atoms with Gasteiger partial charge in [-0.25, -0.2) is 0 Å². The van der Waals surface area contributed by atoms with Crippen molar-refractivity contribution in [3.05, 3.63) is 101 Å². The zero-order valence-electron chi connectivity index (χ0n) is 22.0. The second-order valence-corrected chi connectivity index (χ2v) is 10.2. The molecule has 6 heteroatoms. The van der Waals surface area contributed by atoms with E-state index >= 15 is 0 Å². The molecule has 0 bridgehead atoms. The minimum Gasteiger partial charge on any atom is -0.494 e. The van der Waals surface area contributed by atoms with E-state index in [0.717, 1.165) is 16.7 Å². The van der Waals surface area contributed by atoms with Gasteiger partial charge in [-0.1, -0.05) is 85.6 Å². The lowest BCUT2D eigenvalue weighted by Crippen LogP contribution is -2.51. The molecule has 0 spiro atoms. The number of hydrogen-bond acceptors (Lipinski definition) is 3. The van der Waals surface area contributed by atoms with Crippen molar-refractivity contribution in [3.63, 3.8) is 0 Å². The lowest BCUT2D eigenvalue weighted by Gasteiger charge is -2.32. The Bertz CT molecular complexity index is 1120. The predicted octanol–water partition coefficient (Wildman–Crippen LogP) is 6.22. The van der Waals surface area contributed by atoms with Crippen molar-refractivity contribution < 1.29 is 14.3 Å². The molecule has 0 radical (unpaired) electrons. The summed E-state index contributed by atoms with van der Waals surface area (Å²) in [6.45, 7) is 7.47. The molecule has 0 fully saturated rings. The number of aryl methyl sites for hydroxylation is 1. The SMILES string of the molecule is Cc1ccc(CN(C(=O)CCCOc2ccc(Cl)cc2)C(Cc2ccccc2)C(=O)NCC(C)C)cc1. The minimum absolute atomic E-state index is 0.0686. The first-order valence-electron chi connectivity index (χ1n) is 12.9. The maximum absolute atomic E-state index is 13.6. The average molecular weight is 521 g/mol. The zero-order valence-corrected chi connectivity index (χ0v) is 22.7. The predicted molar refractivity (Wildman–Crippen MR) is 150 cm³/mol. The Hall–Kier alpha value is -3.31. The quantitative estimate of drug-likeness (QED) is 0.272. The fourth-order valence-corrected chi connectivity index (χ4v) is 4.08. The third-order valence-corrected chi connectivity index (χ3v) is 6.30. The third-order valence-electron chi connectivity index (χ3n) is 6.05. The molecule has 0 aromatic heterocycles. The number of carbonyl (C=O) groups excluding carboxylic acids is 2. The summed E-state index contributed by atoms with van der Waals surface area (Å²) in [5, 5.41) is 3.71. The van der Waals surface area contributed by atoms with Gasteiger partial charge in [0.1, 0.15) is 11.8 Å². The number of halogens is 1. The van der Waals surface area contributed by atoms with Crippen molar-refractivity contribution in [2.45, 2.75) is 52.6 Å². The summed E-state index contributed by atoms with van der Waals surface area (Å²) in [7, 11) is 0. The van der Waals surface area contributed by atoms with Crippen LogP contribution in [0.4, 0.5) is 0 Å². The molecule has 196 valence electrons. The van der Waals surface area contributed by atoms with E-state index in [0.29, 0.717) is 49.2 Å². The van der Waals surface area contributed by atoms with Gasteiger partial charge in [-0.05, 0) is 54.7 Å². The number of nitrogens with zero attached hydrogens (tertiary/aromatic N) is 1. The van der Waals surface area contributed by atoms with Gasteiger partial charge in [0.25, 0.3) is 0 Å². The minimum atomic E-state index is -0.618. The molecule has 0 aliphatic heterocycles. The monoisotopic (exact) mass is 520 g/mol. The van der Waals surface area contributed by atoms with Crippen molar-refractivity contribution in [1.29, 1.82) is 0 Å². The van der Waals surface area contributed by atoms with Crippen LogP contribution in [0.1, 0.15) is 43.4 Å². The van der Waals surface area contributed by atoms with Crippen molar-refractivity contribution in [1.82, 2.24) is 10.2 Å². The van der Waals surface area contributed by atoms with Crippen LogP contribution in [0.15, 0.2) is 78.9 Å². The van der Waals surface area contributed by atoms with Crippen LogP contribution in [-0.2, 0) is 22.6 Å². The summed E-state index contributed by atoms with van der Waals surface area (Å²) < 4.78 is 5.78. The lowest BCUT2D eigenvalue weighted by atomic mass is 10.0. The number of amides is 2. The van der Waals surface area contributed by atoms with Crippen molar-refractivity contribution in [3.8, 4) is 5.75 Å². The fraction of sp³-hybridized carbons (Fsp3) is 0.355. The van der Waals surface area contributed by atoms with Gasteiger partial charge in [0, 0.05) is 31.0 Å². The largest absolute Gasteiger partial charge is 0.494 e. The van der Waals surface area contributed by atoms with Crippen LogP contribution in [-0.4, -0.2) is 35.9 Å². The van der Waals surface area contributed by atoms with Gasteiger partial charge in [0.2, 0.25) is 11.8 Å². The number of ether oxygens (including phenoxy) is 1. The normalized spacial score (nSPS) is 11.7. The maximum Gasteiger partial charge on any atom is 0.243 e. The highest BCUT2D eigenvalue weighted by Gasteiger charge is 2.30. The number of rotatable bonds is 13. The van der Waals surface area contributed by atoms with Crippen molar-refractivity contribution >= 4 is 23.4 Å². The smallest absolute Gasteiger partial charge is 0.243 e. The molecule has 5 nitrogen and oxygen atoms in total. The fourth-order valence-electron chi connectivity index (χ4n) is 3.95. The summed E-state index contributed by atoms with van der Waals surface area (Å²) in [5.41, 5.74) is 3.16. The molecule has 0 heterocycles. The zero-order chi connectivity index (χ0) is 26.6. The molecule has 2 amide bonds. The molecule has 1 unspecified atom stereocenters. The van der Waals surface area contributed by atoms with E-state index in [2.05, 4.69) is 19.2 Å². The highest BCUT2D eigenvalue weighted by molar-refractivity contribution is 6.30. The summed E-state index contributed by atoms with van der Waals surface area (Å²) in [6.07, 6.45) is 1.27. The van der Waals surface area contributed by atoms with Crippen LogP contribution in [0.3, 0.4) is 0 Å². The number of nitrogens with one attached hydrogen (secondary N) is 1. The molecule has 1 atom stereocenters. The molecule has 0 aliphatic carbocycles. The Balaban J connectivity index is 1.77. The van der Waals surface area contributed by atoms with Gasteiger partial charge >= 0.3 is 0 Å². The molecule has 37 heavy (non-hydrogen) atoms. The molecule has 0 aliphatic rings. The Labute approximate surface area is 225 Å². The van der Waals surface area contributed by atoms with Gasteiger partial charge in [-0.15, -0.1) is 0 Å². The molecule has 3 rings (SSSR count). The number of carbonyl (C=O) groups is 2. The van der Waals surface area contributed by atoms with Crippen LogP contribution in [0.2, 0.25) is 5.02 Å². The van der Waals surface area contributed by atoms with Crippen LogP contribution in [0.5, 0.6) is 5.75 Å². The summed E-state index contributed by atoms with van der Waals surface area (Å²) >= 11 is 5.94. The van der Waals surface area contributed by atoms with Gasteiger partial charge < -0.3 is 15.0 Å².